The first kappa shape index (κ1) is 12.4. The van der Waals surface area contributed by atoms with Gasteiger partial charge in [-0.3, -0.25) is 0 Å². The van der Waals surface area contributed by atoms with Gasteiger partial charge in [0.05, 0.1) is 10.5 Å². The van der Waals surface area contributed by atoms with Crippen molar-refractivity contribution in [2.75, 3.05) is 13.1 Å². The smallest absolute Gasteiger partial charge is 0.356 e. The molecular weight excluding hydrogens is 266 g/mol. The van der Waals surface area contributed by atoms with E-state index >= 15 is 0 Å². The first-order valence-corrected chi connectivity index (χ1v) is 6.63. The molecule has 0 bridgehead atoms. The van der Waals surface area contributed by atoms with Gasteiger partial charge >= 0.3 is 5.97 Å². The first-order chi connectivity index (χ1) is 9.15. The average Bonchev–Trinajstić information content (AvgIpc) is 2.98. The molecular formula is C13H14ClN3O2. The first-order valence-electron chi connectivity index (χ1n) is 6.25. The number of hydrogen-bond donors (Lipinski definition) is 2. The lowest BCUT2D eigenvalue weighted by atomic mass is 10.1. The summed E-state index contributed by atoms with van der Waals surface area (Å²) in [6, 6.07) is 3.39. The van der Waals surface area contributed by atoms with Gasteiger partial charge in [0, 0.05) is 12.6 Å². The molecule has 1 atom stereocenters. The Kier molecular flexibility index (Phi) is 3.16. The maximum absolute atomic E-state index is 11.2. The molecule has 0 aromatic carbocycles. The molecule has 1 aliphatic rings. The van der Waals surface area contributed by atoms with E-state index in [4.69, 9.17) is 11.6 Å². The van der Waals surface area contributed by atoms with E-state index in [0.717, 1.165) is 31.8 Å². The van der Waals surface area contributed by atoms with Crippen LogP contribution in [0.2, 0.25) is 5.02 Å². The second-order valence-corrected chi connectivity index (χ2v) is 5.28. The lowest BCUT2D eigenvalue weighted by Crippen LogP contribution is -2.12. The molecule has 2 aromatic rings. The lowest BCUT2D eigenvalue weighted by molar-refractivity contribution is 0.0693. The Hall–Kier alpha value is -1.59. The third-order valence-corrected chi connectivity index (χ3v) is 3.73. The molecule has 1 unspecified atom stereocenters. The molecule has 2 N–H and O–H groups in total. The van der Waals surface area contributed by atoms with Gasteiger partial charge in [0.15, 0.2) is 5.69 Å². The molecule has 3 rings (SSSR count). The molecule has 19 heavy (non-hydrogen) atoms. The molecule has 6 heteroatoms. The van der Waals surface area contributed by atoms with E-state index in [1.165, 1.54) is 0 Å². The highest BCUT2D eigenvalue weighted by Crippen LogP contribution is 2.21. The summed E-state index contributed by atoms with van der Waals surface area (Å²) in [5, 5.41) is 13.1. The van der Waals surface area contributed by atoms with Gasteiger partial charge in [0.25, 0.3) is 0 Å². The molecule has 0 aliphatic carbocycles. The molecule has 0 spiro atoms. The number of rotatable bonds is 3. The Morgan fingerprint density at radius 3 is 3.11 bits per heavy atom. The van der Waals surface area contributed by atoms with Crippen molar-refractivity contribution < 1.29 is 9.90 Å². The highest BCUT2D eigenvalue weighted by Gasteiger charge is 2.21. The van der Waals surface area contributed by atoms with E-state index in [-0.39, 0.29) is 5.69 Å². The number of fused-ring (bicyclic) bond motifs is 1. The molecule has 1 aliphatic heterocycles. The summed E-state index contributed by atoms with van der Waals surface area (Å²) in [7, 11) is 0. The third-order valence-electron chi connectivity index (χ3n) is 3.51. The van der Waals surface area contributed by atoms with Gasteiger partial charge in [0.1, 0.15) is 5.82 Å². The zero-order chi connectivity index (χ0) is 13.4. The van der Waals surface area contributed by atoms with Crippen LogP contribution in [-0.2, 0) is 6.42 Å². The van der Waals surface area contributed by atoms with Crippen LogP contribution in [0.4, 0.5) is 0 Å². The molecule has 0 radical (unpaired) electrons. The fourth-order valence-electron chi connectivity index (χ4n) is 2.57. The van der Waals surface area contributed by atoms with Crippen LogP contribution in [0.5, 0.6) is 0 Å². The third kappa shape index (κ3) is 2.31. The predicted octanol–water partition coefficient (Wildman–Crippen LogP) is 1.84. The summed E-state index contributed by atoms with van der Waals surface area (Å²) in [5.74, 6) is 0.269. The minimum atomic E-state index is -1.00. The monoisotopic (exact) mass is 279 g/mol. The van der Waals surface area contributed by atoms with Crippen molar-refractivity contribution in [3.8, 4) is 0 Å². The van der Waals surface area contributed by atoms with Crippen LogP contribution < -0.4 is 5.32 Å². The van der Waals surface area contributed by atoms with Crippen LogP contribution in [0.3, 0.4) is 0 Å². The van der Waals surface area contributed by atoms with Crippen molar-refractivity contribution in [3.05, 3.63) is 34.9 Å². The lowest BCUT2D eigenvalue weighted by Gasteiger charge is -2.07. The van der Waals surface area contributed by atoms with E-state index in [2.05, 4.69) is 10.3 Å². The van der Waals surface area contributed by atoms with Crippen LogP contribution in [0.1, 0.15) is 22.7 Å². The SMILES string of the molecule is O=C(O)c1nc(CC2CCNC2)n2cc(Cl)ccc12. The summed E-state index contributed by atoms with van der Waals surface area (Å²) in [6.07, 6.45) is 3.59. The Labute approximate surface area is 115 Å². The van der Waals surface area contributed by atoms with Gasteiger partial charge in [-0.2, -0.15) is 0 Å². The molecule has 1 saturated heterocycles. The average molecular weight is 280 g/mol. The molecule has 2 aromatic heterocycles. The van der Waals surface area contributed by atoms with Gasteiger partial charge in [-0.15, -0.1) is 0 Å². The van der Waals surface area contributed by atoms with Crippen LogP contribution >= 0.6 is 11.6 Å². The molecule has 100 valence electrons. The Morgan fingerprint density at radius 2 is 2.42 bits per heavy atom. The minimum Gasteiger partial charge on any atom is -0.476 e. The molecule has 0 saturated carbocycles. The van der Waals surface area contributed by atoms with E-state index in [1.807, 2.05) is 0 Å². The Balaban J connectivity index is 2.06. The van der Waals surface area contributed by atoms with Gasteiger partial charge in [-0.05, 0) is 37.6 Å². The summed E-state index contributed by atoms with van der Waals surface area (Å²) in [5.41, 5.74) is 0.690. The maximum Gasteiger partial charge on any atom is 0.356 e. The number of hydrogen-bond acceptors (Lipinski definition) is 3. The second-order valence-electron chi connectivity index (χ2n) is 4.85. The largest absolute Gasteiger partial charge is 0.476 e. The fourth-order valence-corrected chi connectivity index (χ4v) is 2.73. The van der Waals surface area contributed by atoms with E-state index in [9.17, 15) is 9.90 Å². The Morgan fingerprint density at radius 1 is 1.58 bits per heavy atom. The molecule has 5 nitrogen and oxygen atoms in total. The number of imidazole rings is 1. The van der Waals surface area contributed by atoms with Crippen molar-refractivity contribution in [2.45, 2.75) is 12.8 Å². The molecule has 3 heterocycles. The number of nitrogens with one attached hydrogen (secondary N) is 1. The normalized spacial score (nSPS) is 19.1. The van der Waals surface area contributed by atoms with Crippen molar-refractivity contribution in [3.63, 3.8) is 0 Å². The second kappa shape index (κ2) is 4.83. The van der Waals surface area contributed by atoms with Crippen molar-refractivity contribution in [2.24, 2.45) is 5.92 Å². The summed E-state index contributed by atoms with van der Waals surface area (Å²) >= 11 is 5.99. The van der Waals surface area contributed by atoms with Crippen LogP contribution in [0, 0.1) is 5.92 Å². The maximum atomic E-state index is 11.2. The number of halogens is 1. The minimum absolute atomic E-state index is 0.0950. The molecule has 0 amide bonds. The Bertz CT molecular complexity index is 632. The molecule has 1 fully saturated rings. The number of aromatic carboxylic acids is 1. The van der Waals surface area contributed by atoms with Gasteiger partial charge in [0.2, 0.25) is 0 Å². The highest BCUT2D eigenvalue weighted by molar-refractivity contribution is 6.30. The number of pyridine rings is 1. The number of carbonyl (C=O) groups is 1. The predicted molar refractivity (Wildman–Crippen MR) is 71.8 cm³/mol. The fraction of sp³-hybridized carbons (Fsp3) is 0.385. The number of aromatic nitrogens is 2. The zero-order valence-corrected chi connectivity index (χ0v) is 11.0. The number of carboxylic acid groups (broad SMARTS) is 1. The summed E-state index contributed by atoms with van der Waals surface area (Å²) < 4.78 is 1.80. The van der Waals surface area contributed by atoms with Crippen LogP contribution in [0.15, 0.2) is 18.3 Å². The van der Waals surface area contributed by atoms with Crippen LogP contribution in [-0.4, -0.2) is 33.6 Å². The van der Waals surface area contributed by atoms with Gasteiger partial charge in [-0.1, -0.05) is 11.6 Å². The van der Waals surface area contributed by atoms with Gasteiger partial charge in [-0.25, -0.2) is 9.78 Å². The topological polar surface area (TPSA) is 66.6 Å². The van der Waals surface area contributed by atoms with E-state index in [0.29, 0.717) is 16.5 Å². The standard InChI is InChI=1S/C13H14ClN3O2/c14-9-1-2-10-12(13(18)19)16-11(17(10)7-9)5-8-3-4-15-6-8/h1-2,7-8,15H,3-6H2,(H,18,19). The van der Waals surface area contributed by atoms with E-state index < -0.39 is 5.97 Å². The highest BCUT2D eigenvalue weighted by atomic mass is 35.5. The van der Waals surface area contributed by atoms with Crippen molar-refractivity contribution in [1.82, 2.24) is 14.7 Å². The van der Waals surface area contributed by atoms with Crippen molar-refractivity contribution in [1.29, 1.82) is 0 Å². The number of nitrogens with zero attached hydrogens (tertiary/aromatic N) is 2. The number of carboxylic acids is 1. The zero-order valence-electron chi connectivity index (χ0n) is 10.3. The van der Waals surface area contributed by atoms with Crippen molar-refractivity contribution >= 4 is 23.1 Å². The summed E-state index contributed by atoms with van der Waals surface area (Å²) in [6.45, 7) is 1.97. The van der Waals surface area contributed by atoms with Gasteiger partial charge < -0.3 is 14.8 Å². The quantitative estimate of drug-likeness (QED) is 0.900. The summed E-state index contributed by atoms with van der Waals surface area (Å²) in [4.78, 5) is 15.5. The van der Waals surface area contributed by atoms with Crippen LogP contribution in [0.25, 0.3) is 5.52 Å². The van der Waals surface area contributed by atoms with E-state index in [1.54, 1.807) is 22.7 Å².